The summed E-state index contributed by atoms with van der Waals surface area (Å²) in [6, 6.07) is 21.5. The minimum Gasteiger partial charge on any atom is -0.481 e. The van der Waals surface area contributed by atoms with Crippen LogP contribution in [0.4, 0.5) is 5.69 Å². The molecule has 9 heteroatoms. The van der Waals surface area contributed by atoms with Crippen molar-refractivity contribution >= 4 is 18.1 Å². The second-order valence-corrected chi connectivity index (χ2v) is 12.3. The van der Waals surface area contributed by atoms with Crippen LogP contribution < -0.4 is 5.06 Å². The first kappa shape index (κ1) is 42.2. The Morgan fingerprint density at radius 2 is 1.30 bits per heavy atom. The number of carboxylic acid groups (broad SMARTS) is 1. The summed E-state index contributed by atoms with van der Waals surface area (Å²) in [5.74, 6) is 2.53. The maximum Gasteiger partial charge on any atom is 0.300 e. The van der Waals surface area contributed by atoms with Crippen molar-refractivity contribution in [2.24, 2.45) is 35.5 Å². The van der Waals surface area contributed by atoms with Crippen LogP contribution in [-0.4, -0.2) is 49.0 Å². The average molecular weight is 689 g/mol. The standard InChI is InChI=1S/C21H27NO.C10H20NO.2C2H4O2.Y/c1-15(2)19-20(17-11-7-5-8-12-17)22(23-21(19)16(3)4)18-13-9-6-10-14-18;1-7(2)9-6-11(5)12-10(9)8(3)4;1-4-2-3;1-2(3)4;/h5-16,19-21H,1-4H3;6-10H,1-5H3;2H,1H3;1H3,(H,3,4);/q;-1;;;. The van der Waals surface area contributed by atoms with Crippen LogP contribution in [0.3, 0.4) is 0 Å². The smallest absolute Gasteiger partial charge is 0.300 e. The van der Waals surface area contributed by atoms with Gasteiger partial charge in [0.25, 0.3) is 12.4 Å². The number of rotatable bonds is 7. The van der Waals surface area contributed by atoms with Crippen LogP contribution in [0.5, 0.6) is 0 Å². The molecule has 2 saturated heterocycles. The number of nitrogens with zero attached hydrogens (tertiary/aromatic N) is 2. The van der Waals surface area contributed by atoms with Gasteiger partial charge < -0.3 is 19.7 Å². The Balaban J connectivity index is 0.000000738. The van der Waals surface area contributed by atoms with Gasteiger partial charge in [-0.3, -0.25) is 14.4 Å². The number of hydrogen-bond acceptors (Lipinski definition) is 7. The van der Waals surface area contributed by atoms with Gasteiger partial charge in [0, 0.05) is 45.6 Å². The first-order valence-electron chi connectivity index (χ1n) is 15.2. The van der Waals surface area contributed by atoms with Crippen LogP contribution in [0, 0.1) is 42.1 Å². The molecule has 5 unspecified atom stereocenters. The molecule has 44 heavy (non-hydrogen) atoms. The second kappa shape index (κ2) is 21.8. The van der Waals surface area contributed by atoms with E-state index in [2.05, 4.69) is 132 Å². The topological polar surface area (TPSA) is 88.5 Å². The molecule has 2 aliphatic rings. The van der Waals surface area contributed by atoms with Crippen LogP contribution in [0.2, 0.25) is 0 Å². The number of para-hydroxylation sites is 1. The van der Waals surface area contributed by atoms with Crippen LogP contribution in [-0.2, 0) is 56.7 Å². The molecule has 2 fully saturated rings. The number of benzene rings is 2. The third kappa shape index (κ3) is 13.7. The van der Waals surface area contributed by atoms with Crippen molar-refractivity contribution < 1.29 is 61.8 Å². The summed E-state index contributed by atoms with van der Waals surface area (Å²) in [4.78, 5) is 30.1. The van der Waals surface area contributed by atoms with Crippen LogP contribution >= 0.6 is 0 Å². The largest absolute Gasteiger partial charge is 0.481 e. The number of aliphatic carboxylic acids is 1. The molecule has 8 nitrogen and oxygen atoms in total. The first-order valence-corrected chi connectivity index (χ1v) is 15.2. The van der Waals surface area contributed by atoms with Gasteiger partial charge in [0.1, 0.15) is 0 Å². The van der Waals surface area contributed by atoms with Crippen molar-refractivity contribution in [2.45, 2.75) is 80.6 Å². The molecule has 0 aliphatic carbocycles. The molecule has 0 amide bonds. The fourth-order valence-electron chi connectivity index (χ4n) is 5.46. The molecule has 5 atom stereocenters. The summed E-state index contributed by atoms with van der Waals surface area (Å²) in [6.45, 7) is 21.7. The number of carbonyl (C=O) groups excluding carboxylic acids is 1. The van der Waals surface area contributed by atoms with Gasteiger partial charge >= 0.3 is 0 Å². The predicted molar refractivity (Wildman–Crippen MR) is 173 cm³/mol. The maximum absolute atomic E-state index is 9.00. The Morgan fingerprint density at radius 1 is 0.841 bits per heavy atom. The minimum atomic E-state index is -0.833. The Morgan fingerprint density at radius 3 is 1.66 bits per heavy atom. The summed E-state index contributed by atoms with van der Waals surface area (Å²) < 4.78 is 3.86. The van der Waals surface area contributed by atoms with Crippen LogP contribution in [0.1, 0.15) is 73.9 Å². The quantitative estimate of drug-likeness (QED) is 0.234. The van der Waals surface area contributed by atoms with E-state index in [1.807, 2.05) is 12.1 Å². The zero-order chi connectivity index (χ0) is 32.7. The normalized spacial score (nSPS) is 22.7. The zero-order valence-corrected chi connectivity index (χ0v) is 31.4. The summed E-state index contributed by atoms with van der Waals surface area (Å²) in [5, 5.41) is 11.4. The molecule has 2 aromatic rings. The van der Waals surface area contributed by atoms with Crippen molar-refractivity contribution in [3.8, 4) is 0 Å². The summed E-state index contributed by atoms with van der Waals surface area (Å²) >= 11 is 0. The van der Waals surface area contributed by atoms with E-state index in [1.54, 1.807) is 0 Å². The number of methoxy groups -OCH3 is 1. The minimum absolute atomic E-state index is 0. The number of ether oxygens (including phenoxy) is 1. The molecule has 2 aliphatic heterocycles. The van der Waals surface area contributed by atoms with Gasteiger partial charge in [-0.05, 0) is 42.5 Å². The van der Waals surface area contributed by atoms with Crippen molar-refractivity contribution in [1.82, 2.24) is 5.06 Å². The zero-order valence-electron chi connectivity index (χ0n) is 28.6. The van der Waals surface area contributed by atoms with Gasteiger partial charge in [-0.25, -0.2) is 11.6 Å². The van der Waals surface area contributed by atoms with Gasteiger partial charge in [-0.1, -0.05) is 110 Å². The maximum atomic E-state index is 9.00. The molecule has 1 radical (unpaired) electrons. The summed E-state index contributed by atoms with van der Waals surface area (Å²) in [6.07, 6.45) is 0.607. The third-order valence-corrected chi connectivity index (χ3v) is 7.38. The molecular weight excluding hydrogens is 633 g/mol. The van der Waals surface area contributed by atoms with E-state index in [-0.39, 0.29) is 44.9 Å². The Bertz CT molecular complexity index is 1020. The van der Waals surface area contributed by atoms with E-state index in [4.69, 9.17) is 24.4 Å². The van der Waals surface area contributed by atoms with Crippen LogP contribution in [0.25, 0.3) is 0 Å². The fraction of sp³-hybridized carbons (Fsp3) is 0.571. The number of carbonyl (C=O) groups is 2. The molecule has 0 aromatic heterocycles. The monoisotopic (exact) mass is 688 g/mol. The Labute approximate surface area is 291 Å². The van der Waals surface area contributed by atoms with E-state index in [9.17, 15) is 0 Å². The van der Waals surface area contributed by atoms with Crippen LogP contribution in [0.15, 0.2) is 60.7 Å². The van der Waals surface area contributed by atoms with Crippen molar-refractivity contribution in [3.05, 3.63) is 72.8 Å². The SMILES string of the molecule is CC(=O)O.CC(C)C1ON(c2ccccc2)C(c2ccccc2)C1C(C)C.CC(C)C1[CH-]N(C)OC1C(C)C.COC=O.[Y]. The van der Waals surface area contributed by atoms with Gasteiger partial charge in [0.2, 0.25) is 0 Å². The number of anilines is 1. The molecule has 0 saturated carbocycles. The van der Waals surface area contributed by atoms with E-state index >= 15 is 0 Å². The number of hydroxylamine groups is 3. The molecule has 245 valence electrons. The van der Waals surface area contributed by atoms with Gasteiger partial charge in [-0.2, -0.15) is 0 Å². The molecule has 1 N–H and O–H groups in total. The van der Waals surface area contributed by atoms with Gasteiger partial charge in [-0.15, -0.1) is 5.92 Å². The van der Waals surface area contributed by atoms with Gasteiger partial charge in [0.05, 0.1) is 31.0 Å². The average Bonchev–Trinajstić information content (AvgIpc) is 3.56. The van der Waals surface area contributed by atoms with E-state index in [0.29, 0.717) is 48.1 Å². The first-order chi connectivity index (χ1) is 20.3. The van der Waals surface area contributed by atoms with E-state index in [1.165, 1.54) is 12.7 Å². The number of carboxylic acids is 1. The predicted octanol–water partition coefficient (Wildman–Crippen LogP) is 7.68. The Kier molecular flexibility index (Phi) is 20.9. The van der Waals surface area contributed by atoms with Gasteiger partial charge in [0.15, 0.2) is 0 Å². The van der Waals surface area contributed by atoms with Crippen molar-refractivity contribution in [3.63, 3.8) is 0 Å². The molecular formula is C35H55N2O6Y-. The number of hydrogen-bond donors (Lipinski definition) is 1. The van der Waals surface area contributed by atoms with E-state index < -0.39 is 5.97 Å². The van der Waals surface area contributed by atoms with Crippen molar-refractivity contribution in [2.75, 3.05) is 19.2 Å². The third-order valence-electron chi connectivity index (χ3n) is 7.38. The molecule has 2 heterocycles. The van der Waals surface area contributed by atoms with E-state index in [0.717, 1.165) is 12.6 Å². The molecule has 0 bridgehead atoms. The fourth-order valence-corrected chi connectivity index (χ4v) is 5.46. The summed E-state index contributed by atoms with van der Waals surface area (Å²) in [5.41, 5.74) is 2.47. The second-order valence-electron chi connectivity index (χ2n) is 12.3. The molecule has 2 aromatic carbocycles. The molecule has 4 rings (SSSR count). The molecule has 0 spiro atoms. The Hall–Kier alpha value is -1.84. The summed E-state index contributed by atoms with van der Waals surface area (Å²) in [7, 11) is 3.28. The van der Waals surface area contributed by atoms with Crippen molar-refractivity contribution in [1.29, 1.82) is 0 Å².